The van der Waals surface area contributed by atoms with Gasteiger partial charge < -0.3 is 9.72 Å². The number of ether oxygens (including phenoxy) is 1. The van der Waals surface area contributed by atoms with E-state index in [0.717, 1.165) is 16.5 Å². The smallest absolute Gasteiger partial charge is 0.302 e. The van der Waals surface area contributed by atoms with Gasteiger partial charge in [-0.05, 0) is 12.5 Å². The Bertz CT molecular complexity index is 688. The first-order chi connectivity index (χ1) is 10.1. The summed E-state index contributed by atoms with van der Waals surface area (Å²) in [5.74, 6) is -0.377. The van der Waals surface area contributed by atoms with Crippen LogP contribution < -0.4 is 0 Å². The lowest BCUT2D eigenvalue weighted by molar-refractivity contribution is -0.426. The molecule has 0 atom stereocenters. The third-order valence-corrected chi connectivity index (χ3v) is 3.06. The highest BCUT2D eigenvalue weighted by Gasteiger charge is 2.12. The molecule has 2 aromatic rings. The SMILES string of the molecule is CC(=O)OCCCC(=Cc1c[nH]c2ccccc12)[N+](=O)[O-]. The van der Waals surface area contributed by atoms with Crippen molar-refractivity contribution in [2.24, 2.45) is 0 Å². The third kappa shape index (κ3) is 3.92. The standard InChI is InChI=1S/C15H16N2O4/c1-11(18)21-8-4-5-13(17(19)20)9-12-10-16-15-7-3-2-6-14(12)15/h2-3,6-7,9-10,16H,4-5,8H2,1H3. The third-order valence-electron chi connectivity index (χ3n) is 3.06. The van der Waals surface area contributed by atoms with Gasteiger partial charge in [0.1, 0.15) is 0 Å². The van der Waals surface area contributed by atoms with Crippen LogP contribution in [0.15, 0.2) is 36.2 Å². The number of benzene rings is 1. The molecule has 0 aliphatic rings. The Morgan fingerprint density at radius 2 is 2.19 bits per heavy atom. The lowest BCUT2D eigenvalue weighted by Gasteiger charge is -2.01. The number of nitrogens with one attached hydrogen (secondary N) is 1. The number of nitrogens with zero attached hydrogens (tertiary/aromatic N) is 1. The van der Waals surface area contributed by atoms with Crippen molar-refractivity contribution in [3.8, 4) is 0 Å². The lowest BCUT2D eigenvalue weighted by Crippen LogP contribution is -2.04. The zero-order chi connectivity index (χ0) is 15.2. The summed E-state index contributed by atoms with van der Waals surface area (Å²) in [6, 6.07) is 7.62. The maximum Gasteiger partial charge on any atom is 0.302 e. The molecule has 0 aliphatic carbocycles. The average molecular weight is 288 g/mol. The van der Waals surface area contributed by atoms with Crippen molar-refractivity contribution < 1.29 is 14.5 Å². The molecule has 1 heterocycles. The van der Waals surface area contributed by atoms with Crippen LogP contribution in [-0.4, -0.2) is 22.5 Å². The molecule has 0 saturated carbocycles. The topological polar surface area (TPSA) is 85.2 Å². The van der Waals surface area contributed by atoms with Gasteiger partial charge in [-0.2, -0.15) is 0 Å². The molecule has 0 bridgehead atoms. The molecular weight excluding hydrogens is 272 g/mol. The molecule has 2 rings (SSSR count). The first-order valence-electron chi connectivity index (χ1n) is 6.62. The Balaban J connectivity index is 2.13. The van der Waals surface area contributed by atoms with Crippen LogP contribution in [0, 0.1) is 10.1 Å². The molecule has 0 spiro atoms. The molecular formula is C15H16N2O4. The maximum atomic E-state index is 11.1. The number of carbonyl (C=O) groups excluding carboxylic acids is 1. The Labute approximate surface area is 121 Å². The lowest BCUT2D eigenvalue weighted by atomic mass is 10.1. The molecule has 0 saturated heterocycles. The highest BCUT2D eigenvalue weighted by Crippen LogP contribution is 2.21. The van der Waals surface area contributed by atoms with Crippen LogP contribution in [0.2, 0.25) is 0 Å². The maximum absolute atomic E-state index is 11.1. The molecule has 1 N–H and O–H groups in total. The van der Waals surface area contributed by atoms with E-state index < -0.39 is 4.92 Å². The number of rotatable bonds is 6. The van der Waals surface area contributed by atoms with Gasteiger partial charge in [-0.15, -0.1) is 0 Å². The minimum atomic E-state index is -0.393. The summed E-state index contributed by atoms with van der Waals surface area (Å²) in [6.07, 6.45) is 3.99. The van der Waals surface area contributed by atoms with Crippen LogP contribution in [0.25, 0.3) is 17.0 Å². The van der Waals surface area contributed by atoms with Crippen molar-refractivity contribution in [1.82, 2.24) is 4.98 Å². The molecule has 21 heavy (non-hydrogen) atoms. The first kappa shape index (κ1) is 14.8. The van der Waals surface area contributed by atoms with E-state index in [1.165, 1.54) is 6.92 Å². The van der Waals surface area contributed by atoms with Gasteiger partial charge in [0.25, 0.3) is 0 Å². The first-order valence-corrected chi connectivity index (χ1v) is 6.62. The van der Waals surface area contributed by atoms with E-state index in [-0.39, 0.29) is 24.7 Å². The second-order valence-electron chi connectivity index (χ2n) is 4.63. The van der Waals surface area contributed by atoms with E-state index in [1.54, 1.807) is 12.3 Å². The van der Waals surface area contributed by atoms with Crippen LogP contribution in [0.5, 0.6) is 0 Å². The average Bonchev–Trinajstić information content (AvgIpc) is 2.85. The van der Waals surface area contributed by atoms with Crippen LogP contribution >= 0.6 is 0 Å². The van der Waals surface area contributed by atoms with Gasteiger partial charge in [-0.25, -0.2) is 0 Å². The van der Waals surface area contributed by atoms with Crippen molar-refractivity contribution in [1.29, 1.82) is 0 Å². The number of H-pyrrole nitrogens is 1. The number of nitro groups is 1. The minimum absolute atomic E-state index is 0.104. The molecule has 0 aliphatic heterocycles. The predicted octanol–water partition coefficient (Wildman–Crippen LogP) is 3.13. The number of para-hydroxylation sites is 1. The molecule has 1 aromatic carbocycles. The number of hydrogen-bond acceptors (Lipinski definition) is 4. The quantitative estimate of drug-likeness (QED) is 0.383. The zero-order valence-electron chi connectivity index (χ0n) is 11.7. The Morgan fingerprint density at radius 1 is 1.43 bits per heavy atom. The molecule has 6 heteroatoms. The van der Waals surface area contributed by atoms with Crippen LogP contribution in [0.3, 0.4) is 0 Å². The van der Waals surface area contributed by atoms with E-state index in [9.17, 15) is 14.9 Å². The fraction of sp³-hybridized carbons (Fsp3) is 0.267. The second kappa shape index (κ2) is 6.69. The molecule has 0 amide bonds. The summed E-state index contributed by atoms with van der Waals surface area (Å²) < 4.78 is 4.78. The predicted molar refractivity (Wildman–Crippen MR) is 79.1 cm³/mol. The minimum Gasteiger partial charge on any atom is -0.466 e. The highest BCUT2D eigenvalue weighted by atomic mass is 16.6. The van der Waals surface area contributed by atoms with Gasteiger partial charge in [0.05, 0.1) is 11.5 Å². The summed E-state index contributed by atoms with van der Waals surface area (Å²) >= 11 is 0. The number of hydrogen-bond donors (Lipinski definition) is 1. The van der Waals surface area contributed by atoms with Gasteiger partial charge in [-0.3, -0.25) is 14.9 Å². The Hall–Kier alpha value is -2.63. The molecule has 1 aromatic heterocycles. The Kier molecular flexibility index (Phi) is 4.71. The molecule has 6 nitrogen and oxygen atoms in total. The van der Waals surface area contributed by atoms with Gasteiger partial charge in [0.2, 0.25) is 5.70 Å². The van der Waals surface area contributed by atoms with Crippen molar-refractivity contribution in [3.63, 3.8) is 0 Å². The fourth-order valence-corrected chi connectivity index (χ4v) is 2.08. The monoisotopic (exact) mass is 288 g/mol. The van der Waals surface area contributed by atoms with E-state index in [1.807, 2.05) is 24.3 Å². The van der Waals surface area contributed by atoms with Gasteiger partial charge >= 0.3 is 5.97 Å². The highest BCUT2D eigenvalue weighted by molar-refractivity contribution is 5.88. The Morgan fingerprint density at radius 3 is 2.90 bits per heavy atom. The van der Waals surface area contributed by atoms with E-state index >= 15 is 0 Å². The fourth-order valence-electron chi connectivity index (χ4n) is 2.08. The van der Waals surface area contributed by atoms with Crippen molar-refractivity contribution in [2.45, 2.75) is 19.8 Å². The largest absolute Gasteiger partial charge is 0.466 e. The van der Waals surface area contributed by atoms with E-state index in [0.29, 0.717) is 6.42 Å². The van der Waals surface area contributed by atoms with Gasteiger partial charge in [0.15, 0.2) is 0 Å². The summed E-state index contributed by atoms with van der Waals surface area (Å²) in [6.45, 7) is 1.50. The number of aromatic amines is 1. The summed E-state index contributed by atoms with van der Waals surface area (Å²) in [4.78, 5) is 24.4. The van der Waals surface area contributed by atoms with Crippen LogP contribution in [0.1, 0.15) is 25.3 Å². The number of aromatic nitrogens is 1. The van der Waals surface area contributed by atoms with Crippen molar-refractivity contribution in [3.05, 3.63) is 51.8 Å². The molecule has 0 unspecified atom stereocenters. The number of fused-ring (bicyclic) bond motifs is 1. The van der Waals surface area contributed by atoms with Crippen molar-refractivity contribution in [2.75, 3.05) is 6.61 Å². The van der Waals surface area contributed by atoms with Crippen LogP contribution in [-0.2, 0) is 9.53 Å². The van der Waals surface area contributed by atoms with Crippen molar-refractivity contribution >= 4 is 22.9 Å². The molecule has 0 fully saturated rings. The summed E-state index contributed by atoms with van der Waals surface area (Å²) in [5.41, 5.74) is 1.82. The number of esters is 1. The normalized spacial score (nSPS) is 11.6. The molecule has 0 radical (unpaired) electrons. The van der Waals surface area contributed by atoms with Gasteiger partial charge in [-0.1, -0.05) is 18.2 Å². The number of carbonyl (C=O) groups is 1. The zero-order valence-corrected chi connectivity index (χ0v) is 11.7. The van der Waals surface area contributed by atoms with Gasteiger partial charge in [0, 0.05) is 42.1 Å². The summed E-state index contributed by atoms with van der Waals surface area (Å²) in [7, 11) is 0. The summed E-state index contributed by atoms with van der Waals surface area (Å²) in [5, 5.41) is 12.1. The van der Waals surface area contributed by atoms with E-state index in [4.69, 9.17) is 4.74 Å². The van der Waals surface area contributed by atoms with Crippen LogP contribution in [0.4, 0.5) is 0 Å². The number of allylic oxidation sites excluding steroid dienone is 1. The molecule has 110 valence electrons. The second-order valence-corrected chi connectivity index (χ2v) is 4.63. The van der Waals surface area contributed by atoms with E-state index in [2.05, 4.69) is 4.98 Å².